The average Bonchev–Trinajstić information content (AvgIpc) is 3.43. The molecular formula is C28H20ClN3O4S. The third kappa shape index (κ3) is 7.47. The first kappa shape index (κ1) is 25.6. The van der Waals surface area contributed by atoms with Gasteiger partial charge >= 0.3 is 5.97 Å². The lowest BCUT2D eigenvalue weighted by atomic mass is 10.2. The molecule has 0 spiro atoms. The molecule has 0 atom stereocenters. The predicted molar refractivity (Wildman–Crippen MR) is 145 cm³/mol. The number of hydrogen-bond acceptors (Lipinski definition) is 6. The molecular weight excluding hydrogens is 510 g/mol. The second-order valence-electron chi connectivity index (χ2n) is 7.56. The molecule has 0 radical (unpaired) electrons. The summed E-state index contributed by atoms with van der Waals surface area (Å²) in [5.41, 5.74) is 3.94. The molecule has 0 saturated heterocycles. The molecule has 2 N–H and O–H groups in total. The van der Waals surface area contributed by atoms with Gasteiger partial charge in [-0.25, -0.2) is 10.2 Å². The lowest BCUT2D eigenvalue weighted by Crippen LogP contribution is -2.32. The lowest BCUT2D eigenvalue weighted by molar-refractivity contribution is -0.117. The normalized spacial score (nSPS) is 11.2. The first-order valence-electron chi connectivity index (χ1n) is 11.0. The van der Waals surface area contributed by atoms with Crippen molar-refractivity contribution in [3.05, 3.63) is 129 Å². The zero-order chi connectivity index (χ0) is 26.0. The van der Waals surface area contributed by atoms with Gasteiger partial charge in [-0.05, 0) is 83.7 Å². The first-order valence-corrected chi connectivity index (χ1v) is 12.3. The molecule has 37 heavy (non-hydrogen) atoms. The summed E-state index contributed by atoms with van der Waals surface area (Å²) in [7, 11) is 0. The number of nitrogens with zero attached hydrogens (tertiary/aromatic N) is 1. The number of hydrogen-bond donors (Lipinski definition) is 2. The summed E-state index contributed by atoms with van der Waals surface area (Å²) in [6.07, 6.45) is 3.02. The highest BCUT2D eigenvalue weighted by Crippen LogP contribution is 2.16. The number of hydrazone groups is 1. The molecule has 9 heteroatoms. The Balaban J connectivity index is 1.38. The van der Waals surface area contributed by atoms with Gasteiger partial charge < -0.3 is 10.1 Å². The van der Waals surface area contributed by atoms with Gasteiger partial charge in [0.15, 0.2) is 0 Å². The molecule has 0 fully saturated rings. The zero-order valence-corrected chi connectivity index (χ0v) is 20.8. The Morgan fingerprint density at radius 1 is 0.838 bits per heavy atom. The minimum Gasteiger partial charge on any atom is -0.423 e. The van der Waals surface area contributed by atoms with Gasteiger partial charge in [-0.15, -0.1) is 11.3 Å². The van der Waals surface area contributed by atoms with E-state index in [0.29, 0.717) is 27.5 Å². The highest BCUT2D eigenvalue weighted by atomic mass is 35.5. The monoisotopic (exact) mass is 529 g/mol. The largest absolute Gasteiger partial charge is 0.423 e. The van der Waals surface area contributed by atoms with Crippen LogP contribution in [-0.4, -0.2) is 24.0 Å². The van der Waals surface area contributed by atoms with Crippen molar-refractivity contribution >= 4 is 53.0 Å². The van der Waals surface area contributed by atoms with Crippen LogP contribution in [0.4, 0.5) is 0 Å². The van der Waals surface area contributed by atoms with E-state index in [0.717, 1.165) is 4.88 Å². The molecule has 0 unspecified atom stereocenters. The van der Waals surface area contributed by atoms with Crippen molar-refractivity contribution in [3.63, 3.8) is 0 Å². The molecule has 7 nitrogen and oxygen atoms in total. The smallest absolute Gasteiger partial charge is 0.343 e. The minimum absolute atomic E-state index is 0.0536. The van der Waals surface area contributed by atoms with E-state index in [1.54, 1.807) is 84.9 Å². The molecule has 2 amide bonds. The van der Waals surface area contributed by atoms with Crippen LogP contribution in [0.2, 0.25) is 5.02 Å². The van der Waals surface area contributed by atoms with E-state index in [1.165, 1.54) is 17.6 Å². The van der Waals surface area contributed by atoms with Gasteiger partial charge in [0, 0.05) is 15.5 Å². The van der Waals surface area contributed by atoms with Crippen molar-refractivity contribution in [2.45, 2.75) is 0 Å². The number of rotatable bonds is 8. The Bertz CT molecular complexity index is 1430. The fourth-order valence-electron chi connectivity index (χ4n) is 3.06. The number of ether oxygens (including phenoxy) is 1. The van der Waals surface area contributed by atoms with E-state index in [-0.39, 0.29) is 5.70 Å². The van der Waals surface area contributed by atoms with Crippen molar-refractivity contribution in [2.75, 3.05) is 0 Å². The van der Waals surface area contributed by atoms with Gasteiger partial charge in [0.1, 0.15) is 11.4 Å². The summed E-state index contributed by atoms with van der Waals surface area (Å²) in [6.45, 7) is 0. The highest BCUT2D eigenvalue weighted by Gasteiger charge is 2.14. The maximum Gasteiger partial charge on any atom is 0.343 e. The average molecular weight is 530 g/mol. The molecule has 184 valence electrons. The number of carbonyl (C=O) groups is 3. The summed E-state index contributed by atoms with van der Waals surface area (Å²) < 4.78 is 5.35. The van der Waals surface area contributed by atoms with Gasteiger partial charge in [-0.2, -0.15) is 5.10 Å². The minimum atomic E-state index is -0.581. The van der Waals surface area contributed by atoms with Crippen LogP contribution in [0.5, 0.6) is 5.75 Å². The Hall–Kier alpha value is -4.53. The second-order valence-corrected chi connectivity index (χ2v) is 8.97. The number of benzene rings is 3. The van der Waals surface area contributed by atoms with Crippen molar-refractivity contribution in [1.82, 2.24) is 10.7 Å². The number of thiophene rings is 1. The molecule has 0 aliphatic carbocycles. The topological polar surface area (TPSA) is 96.9 Å². The predicted octanol–water partition coefficient (Wildman–Crippen LogP) is 5.54. The zero-order valence-electron chi connectivity index (χ0n) is 19.3. The van der Waals surface area contributed by atoms with Crippen molar-refractivity contribution in [1.29, 1.82) is 0 Å². The van der Waals surface area contributed by atoms with E-state index in [9.17, 15) is 14.4 Å². The van der Waals surface area contributed by atoms with E-state index in [1.807, 2.05) is 17.5 Å². The Labute approximate surface area is 222 Å². The maximum atomic E-state index is 12.8. The molecule has 0 aliphatic rings. The van der Waals surface area contributed by atoms with Crippen molar-refractivity contribution in [2.24, 2.45) is 5.10 Å². The van der Waals surface area contributed by atoms with Gasteiger partial charge in [-0.1, -0.05) is 35.9 Å². The van der Waals surface area contributed by atoms with Crippen LogP contribution < -0.4 is 15.5 Å². The molecule has 4 rings (SSSR count). The quantitative estimate of drug-likeness (QED) is 0.103. The van der Waals surface area contributed by atoms with Crippen molar-refractivity contribution < 1.29 is 19.1 Å². The van der Waals surface area contributed by atoms with Crippen LogP contribution in [0.3, 0.4) is 0 Å². The Kier molecular flexibility index (Phi) is 8.59. The van der Waals surface area contributed by atoms with E-state index in [4.69, 9.17) is 16.3 Å². The third-order valence-electron chi connectivity index (χ3n) is 4.91. The summed E-state index contributed by atoms with van der Waals surface area (Å²) in [5.74, 6) is -1.15. The van der Waals surface area contributed by atoms with Gasteiger partial charge in [0.25, 0.3) is 11.8 Å². The highest BCUT2D eigenvalue weighted by molar-refractivity contribution is 7.10. The Morgan fingerprint density at radius 2 is 1.57 bits per heavy atom. The van der Waals surface area contributed by atoms with Crippen molar-refractivity contribution in [3.8, 4) is 5.75 Å². The molecule has 1 heterocycles. The molecule has 3 aromatic carbocycles. The van der Waals surface area contributed by atoms with Crippen LogP contribution in [-0.2, 0) is 4.79 Å². The fraction of sp³-hybridized carbons (Fsp3) is 0. The van der Waals surface area contributed by atoms with E-state index in [2.05, 4.69) is 15.8 Å². The standard InChI is InChI=1S/C28H20ClN3O4S/c29-22-12-10-21(11-13-22)28(35)36-23-14-8-19(9-15-23)18-30-32-27(34)25(17-24-7-4-16-37-24)31-26(33)20-5-2-1-3-6-20/h1-18H,(H,31,33)(H,32,34). The summed E-state index contributed by atoms with van der Waals surface area (Å²) in [6, 6.07) is 25.2. The number of amides is 2. The van der Waals surface area contributed by atoms with E-state index >= 15 is 0 Å². The van der Waals surface area contributed by atoms with Crippen LogP contribution >= 0.6 is 22.9 Å². The SMILES string of the molecule is O=C(NN=Cc1ccc(OC(=O)c2ccc(Cl)cc2)cc1)C(=Cc1cccs1)NC(=O)c1ccccc1. The third-order valence-corrected chi connectivity index (χ3v) is 5.98. The summed E-state index contributed by atoms with van der Waals surface area (Å²) in [5, 5.41) is 9.03. The maximum absolute atomic E-state index is 12.8. The second kappa shape index (κ2) is 12.4. The number of carbonyl (C=O) groups excluding carboxylic acids is 3. The number of halogens is 1. The molecule has 0 bridgehead atoms. The lowest BCUT2D eigenvalue weighted by Gasteiger charge is -2.08. The van der Waals surface area contributed by atoms with Gasteiger partial charge in [0.2, 0.25) is 0 Å². The molecule has 0 saturated carbocycles. The summed E-state index contributed by atoms with van der Waals surface area (Å²) >= 11 is 7.27. The first-order chi connectivity index (χ1) is 18.0. The van der Waals surface area contributed by atoms with Gasteiger partial charge in [0.05, 0.1) is 11.8 Å². The van der Waals surface area contributed by atoms with Crippen LogP contribution in [0.1, 0.15) is 31.2 Å². The van der Waals surface area contributed by atoms with Crippen LogP contribution in [0.25, 0.3) is 6.08 Å². The summed E-state index contributed by atoms with van der Waals surface area (Å²) in [4.78, 5) is 38.4. The van der Waals surface area contributed by atoms with Crippen LogP contribution in [0, 0.1) is 0 Å². The molecule has 4 aromatic rings. The Morgan fingerprint density at radius 3 is 2.24 bits per heavy atom. The number of nitrogens with one attached hydrogen (secondary N) is 2. The van der Waals surface area contributed by atoms with E-state index < -0.39 is 17.8 Å². The van der Waals surface area contributed by atoms with Gasteiger partial charge in [-0.3, -0.25) is 9.59 Å². The number of esters is 1. The molecule has 0 aliphatic heterocycles. The fourth-order valence-corrected chi connectivity index (χ4v) is 3.84. The molecule has 1 aromatic heterocycles. The van der Waals surface area contributed by atoms with Crippen LogP contribution in [0.15, 0.2) is 107 Å².